The van der Waals surface area contributed by atoms with E-state index in [1.54, 1.807) is 13.8 Å². The lowest BCUT2D eigenvalue weighted by molar-refractivity contribution is -0.141. The number of rotatable bonds is 3. The largest absolute Gasteiger partial charge is 0.465 e. The molecule has 110 valence electrons. The molecule has 0 amide bonds. The van der Waals surface area contributed by atoms with Gasteiger partial charge < -0.3 is 9.84 Å². The standard InChI is InChI=1S/C15H27NO3/c1-6-19-13(17)10-16-12-9-11(14(2,3)4)7-8-15(12,5)18/h11,18H,6-10H2,1-5H3/t11-,15-/m0/s1. The van der Waals surface area contributed by atoms with E-state index >= 15 is 0 Å². The summed E-state index contributed by atoms with van der Waals surface area (Å²) in [5.74, 6) is 0.164. The van der Waals surface area contributed by atoms with Gasteiger partial charge in [0.15, 0.2) is 0 Å². The molecule has 0 aromatic heterocycles. The van der Waals surface area contributed by atoms with Crippen LogP contribution in [-0.2, 0) is 9.53 Å². The van der Waals surface area contributed by atoms with Crippen LogP contribution < -0.4 is 0 Å². The minimum atomic E-state index is -0.881. The van der Waals surface area contributed by atoms with E-state index in [2.05, 4.69) is 25.8 Å². The number of aliphatic imine (C=N–C) groups is 1. The van der Waals surface area contributed by atoms with E-state index in [1.807, 2.05) is 0 Å². The van der Waals surface area contributed by atoms with E-state index in [9.17, 15) is 9.90 Å². The number of aliphatic hydroxyl groups is 1. The fourth-order valence-electron chi connectivity index (χ4n) is 2.50. The van der Waals surface area contributed by atoms with Gasteiger partial charge in [0.1, 0.15) is 6.54 Å². The van der Waals surface area contributed by atoms with Crippen LogP contribution in [0.4, 0.5) is 0 Å². The Kier molecular flexibility index (Phi) is 5.13. The highest BCUT2D eigenvalue weighted by Gasteiger charge is 2.39. The summed E-state index contributed by atoms with van der Waals surface area (Å²) in [6.07, 6.45) is 2.46. The molecule has 4 heteroatoms. The maximum atomic E-state index is 11.4. The summed E-state index contributed by atoms with van der Waals surface area (Å²) >= 11 is 0. The third-order valence-corrected chi connectivity index (χ3v) is 3.97. The molecule has 0 bridgehead atoms. The first-order chi connectivity index (χ1) is 8.66. The van der Waals surface area contributed by atoms with Gasteiger partial charge in [0.05, 0.1) is 12.2 Å². The van der Waals surface area contributed by atoms with Gasteiger partial charge in [-0.2, -0.15) is 0 Å². The van der Waals surface area contributed by atoms with E-state index in [1.165, 1.54) is 0 Å². The highest BCUT2D eigenvalue weighted by Crippen LogP contribution is 2.40. The molecular weight excluding hydrogens is 242 g/mol. The van der Waals surface area contributed by atoms with Crippen LogP contribution in [0.3, 0.4) is 0 Å². The van der Waals surface area contributed by atoms with E-state index in [-0.39, 0.29) is 17.9 Å². The molecule has 0 heterocycles. The molecule has 0 radical (unpaired) electrons. The Hall–Kier alpha value is -0.900. The zero-order valence-corrected chi connectivity index (χ0v) is 12.8. The Morgan fingerprint density at radius 3 is 2.68 bits per heavy atom. The zero-order valence-electron chi connectivity index (χ0n) is 12.8. The summed E-state index contributed by atoms with van der Waals surface area (Å²) in [4.78, 5) is 15.7. The number of ether oxygens (including phenoxy) is 1. The molecule has 0 spiro atoms. The van der Waals surface area contributed by atoms with Crippen LogP contribution in [0.2, 0.25) is 0 Å². The second-order valence-corrected chi connectivity index (χ2v) is 6.65. The van der Waals surface area contributed by atoms with Crippen molar-refractivity contribution in [2.45, 2.75) is 59.5 Å². The maximum absolute atomic E-state index is 11.4. The van der Waals surface area contributed by atoms with Gasteiger partial charge in [0, 0.05) is 5.71 Å². The topological polar surface area (TPSA) is 58.9 Å². The van der Waals surface area contributed by atoms with Gasteiger partial charge in [-0.05, 0) is 44.4 Å². The Morgan fingerprint density at radius 2 is 2.16 bits per heavy atom. The predicted octanol–water partition coefficient (Wildman–Crippen LogP) is 2.59. The van der Waals surface area contributed by atoms with Crippen LogP contribution in [0.1, 0.15) is 53.9 Å². The molecule has 1 N–H and O–H groups in total. The first-order valence-electron chi connectivity index (χ1n) is 7.08. The Labute approximate surface area is 116 Å². The van der Waals surface area contributed by atoms with E-state index < -0.39 is 5.60 Å². The molecule has 1 rings (SSSR count). The van der Waals surface area contributed by atoms with E-state index in [4.69, 9.17) is 4.74 Å². The predicted molar refractivity (Wildman–Crippen MR) is 76.4 cm³/mol. The molecular formula is C15H27NO3. The van der Waals surface area contributed by atoms with Crippen LogP contribution in [-0.4, -0.2) is 35.5 Å². The van der Waals surface area contributed by atoms with Crippen LogP contribution in [0, 0.1) is 11.3 Å². The van der Waals surface area contributed by atoms with Crippen LogP contribution in [0.15, 0.2) is 4.99 Å². The number of hydrogen-bond donors (Lipinski definition) is 1. The van der Waals surface area contributed by atoms with Crippen molar-refractivity contribution in [1.82, 2.24) is 0 Å². The first-order valence-corrected chi connectivity index (χ1v) is 7.08. The van der Waals surface area contributed by atoms with Gasteiger partial charge >= 0.3 is 5.97 Å². The van der Waals surface area contributed by atoms with Crippen molar-refractivity contribution < 1.29 is 14.6 Å². The van der Waals surface area contributed by atoms with Gasteiger partial charge in [-0.25, -0.2) is 0 Å². The summed E-state index contributed by atoms with van der Waals surface area (Å²) in [6.45, 7) is 10.6. The summed E-state index contributed by atoms with van der Waals surface area (Å²) in [5.41, 5.74) is 0.0573. The van der Waals surface area contributed by atoms with E-state index in [0.29, 0.717) is 18.9 Å². The van der Waals surface area contributed by atoms with Gasteiger partial charge in [-0.15, -0.1) is 0 Å². The third-order valence-electron chi connectivity index (χ3n) is 3.97. The van der Waals surface area contributed by atoms with Crippen molar-refractivity contribution in [1.29, 1.82) is 0 Å². The minimum Gasteiger partial charge on any atom is -0.465 e. The first kappa shape index (κ1) is 16.2. The van der Waals surface area contributed by atoms with Crippen LogP contribution >= 0.6 is 0 Å². The van der Waals surface area contributed by atoms with Crippen molar-refractivity contribution in [3.05, 3.63) is 0 Å². The molecule has 4 nitrogen and oxygen atoms in total. The normalized spacial score (nSPS) is 30.4. The van der Waals surface area contributed by atoms with Crippen LogP contribution in [0.25, 0.3) is 0 Å². The summed E-state index contributed by atoms with van der Waals surface area (Å²) in [6, 6.07) is 0. The molecule has 1 saturated carbocycles. The quantitative estimate of drug-likeness (QED) is 0.801. The number of hydrogen-bond acceptors (Lipinski definition) is 4. The monoisotopic (exact) mass is 269 g/mol. The number of esters is 1. The minimum absolute atomic E-state index is 0.0101. The third kappa shape index (κ3) is 4.60. The van der Waals surface area contributed by atoms with Gasteiger partial charge in [0.25, 0.3) is 0 Å². The number of carbonyl (C=O) groups is 1. The van der Waals surface area contributed by atoms with E-state index in [0.717, 1.165) is 18.6 Å². The molecule has 0 aliphatic heterocycles. The van der Waals surface area contributed by atoms with Crippen molar-refractivity contribution in [2.75, 3.05) is 13.2 Å². The van der Waals surface area contributed by atoms with Crippen molar-refractivity contribution >= 4 is 11.7 Å². The molecule has 1 aliphatic rings. The maximum Gasteiger partial charge on any atom is 0.327 e. The molecule has 0 saturated heterocycles. The molecule has 19 heavy (non-hydrogen) atoms. The lowest BCUT2D eigenvalue weighted by Crippen LogP contribution is -2.44. The summed E-state index contributed by atoms with van der Waals surface area (Å²) < 4.78 is 4.87. The highest BCUT2D eigenvalue weighted by atomic mass is 16.5. The average molecular weight is 269 g/mol. The number of carbonyl (C=O) groups excluding carboxylic acids is 1. The lowest BCUT2D eigenvalue weighted by Gasteiger charge is -2.40. The zero-order chi connectivity index (χ0) is 14.7. The van der Waals surface area contributed by atoms with Gasteiger partial charge in [0.2, 0.25) is 0 Å². The molecule has 1 aliphatic carbocycles. The second-order valence-electron chi connectivity index (χ2n) is 6.65. The molecule has 0 unspecified atom stereocenters. The second kappa shape index (κ2) is 6.04. The SMILES string of the molecule is CCOC(=O)CN=C1C[C@@H](C(C)(C)C)CC[C@]1(C)O. The fraction of sp³-hybridized carbons (Fsp3) is 0.867. The highest BCUT2D eigenvalue weighted by molar-refractivity contribution is 5.94. The lowest BCUT2D eigenvalue weighted by atomic mass is 9.68. The molecule has 1 fully saturated rings. The van der Waals surface area contributed by atoms with Crippen molar-refractivity contribution in [3.8, 4) is 0 Å². The fourth-order valence-corrected chi connectivity index (χ4v) is 2.50. The Morgan fingerprint density at radius 1 is 1.53 bits per heavy atom. The summed E-state index contributed by atoms with van der Waals surface area (Å²) in [7, 11) is 0. The average Bonchev–Trinajstić information content (AvgIpc) is 2.25. The van der Waals surface area contributed by atoms with Crippen molar-refractivity contribution in [3.63, 3.8) is 0 Å². The van der Waals surface area contributed by atoms with Gasteiger partial charge in [-0.3, -0.25) is 9.79 Å². The van der Waals surface area contributed by atoms with Crippen LogP contribution in [0.5, 0.6) is 0 Å². The smallest absolute Gasteiger partial charge is 0.327 e. The number of nitrogens with zero attached hydrogens (tertiary/aromatic N) is 1. The molecule has 0 aromatic carbocycles. The molecule has 0 aromatic rings. The molecule has 2 atom stereocenters. The Bertz CT molecular complexity index is 353. The van der Waals surface area contributed by atoms with Crippen molar-refractivity contribution in [2.24, 2.45) is 16.3 Å². The summed E-state index contributed by atoms with van der Waals surface area (Å²) in [5, 5.41) is 10.4. The Balaban J connectivity index is 2.76. The van der Waals surface area contributed by atoms with Gasteiger partial charge in [-0.1, -0.05) is 20.8 Å².